The number of unbranched alkanes of at least 4 members (excludes halogenated alkanes) is 11. The molecule has 3 aliphatic rings. The van der Waals surface area contributed by atoms with E-state index in [1.54, 1.807) is 6.08 Å². The number of aliphatic hydroxyl groups is 4. The molecule has 8 nitrogen and oxygen atoms in total. The van der Waals surface area contributed by atoms with Gasteiger partial charge >= 0.3 is 5.97 Å². The Labute approximate surface area is 273 Å². The van der Waals surface area contributed by atoms with Gasteiger partial charge in [-0.3, -0.25) is 0 Å². The van der Waals surface area contributed by atoms with Crippen LogP contribution >= 0.6 is 0 Å². The van der Waals surface area contributed by atoms with Crippen molar-refractivity contribution in [3.8, 4) is 0 Å². The summed E-state index contributed by atoms with van der Waals surface area (Å²) in [7, 11) is 0. The van der Waals surface area contributed by atoms with E-state index in [4.69, 9.17) is 14.2 Å². The van der Waals surface area contributed by atoms with E-state index in [1.807, 2.05) is 6.92 Å². The maximum Gasteiger partial charge on any atom is 0.334 e. The van der Waals surface area contributed by atoms with Crippen molar-refractivity contribution in [3.05, 3.63) is 11.6 Å². The van der Waals surface area contributed by atoms with Crippen LogP contribution in [0.5, 0.6) is 0 Å². The van der Waals surface area contributed by atoms with Crippen LogP contribution in [-0.4, -0.2) is 81.3 Å². The van der Waals surface area contributed by atoms with Crippen LogP contribution in [0, 0.1) is 0 Å². The molecule has 9 atom stereocenters. The third kappa shape index (κ3) is 14.7. The molecule has 3 rings (SSSR count). The molecule has 0 saturated carbocycles. The average Bonchev–Trinajstić information content (AvgIpc) is 3.77. The van der Waals surface area contributed by atoms with Crippen LogP contribution in [-0.2, 0) is 19.0 Å². The van der Waals surface area contributed by atoms with Gasteiger partial charge in [-0.25, -0.2) is 4.79 Å². The number of carbonyl (C=O) groups excluding carboxylic acids is 1. The first-order valence-corrected chi connectivity index (χ1v) is 18.7. The lowest BCUT2D eigenvalue weighted by Gasteiger charge is -2.24. The molecule has 0 radical (unpaired) electrons. The summed E-state index contributed by atoms with van der Waals surface area (Å²) in [6.45, 7) is 4.07. The summed E-state index contributed by atoms with van der Waals surface area (Å²) in [6, 6.07) is 0. The molecule has 3 aliphatic heterocycles. The Bertz CT molecular complexity index is 833. The molecule has 3 heterocycles. The standard InChI is InChI=1S/C37H66O8/c1-3-4-5-6-7-8-12-15-18-31(39)35-23-24-36(45-35)33(41)21-20-32(40)34-22-19-30(44-34)17-14-11-9-10-13-16-29(38)26-28-25-27(2)43-37(28)42/h25,27,29-36,38-41H,3-24,26H2,1-2H3/t27-,29+,30?,31-,32?,33-,34-,35+,36+/m0/s1. The third-order valence-electron chi connectivity index (χ3n) is 10.1. The summed E-state index contributed by atoms with van der Waals surface area (Å²) < 4.78 is 17.3. The van der Waals surface area contributed by atoms with E-state index in [-0.39, 0.29) is 36.5 Å². The number of esters is 1. The average molecular weight is 639 g/mol. The fourth-order valence-corrected chi connectivity index (χ4v) is 7.29. The highest BCUT2D eigenvalue weighted by atomic mass is 16.5. The Balaban J connectivity index is 1.16. The quantitative estimate of drug-likeness (QED) is 0.0634. The number of rotatable bonds is 25. The van der Waals surface area contributed by atoms with E-state index < -0.39 is 24.4 Å². The maximum absolute atomic E-state index is 11.7. The Morgan fingerprint density at radius 1 is 0.667 bits per heavy atom. The molecule has 0 aromatic rings. The van der Waals surface area contributed by atoms with Crippen LogP contribution in [0.25, 0.3) is 0 Å². The molecule has 2 saturated heterocycles. The molecular weight excluding hydrogens is 572 g/mol. The van der Waals surface area contributed by atoms with E-state index in [0.717, 1.165) is 83.5 Å². The van der Waals surface area contributed by atoms with Gasteiger partial charge in [0.15, 0.2) is 0 Å². The molecule has 0 aromatic carbocycles. The van der Waals surface area contributed by atoms with Crippen LogP contribution < -0.4 is 0 Å². The Hall–Kier alpha value is -1.03. The zero-order valence-corrected chi connectivity index (χ0v) is 28.5. The van der Waals surface area contributed by atoms with Crippen LogP contribution in [0.15, 0.2) is 11.6 Å². The molecule has 0 bridgehead atoms. The second-order valence-corrected chi connectivity index (χ2v) is 14.2. The third-order valence-corrected chi connectivity index (χ3v) is 10.1. The first kappa shape index (κ1) is 38.4. The molecule has 0 amide bonds. The summed E-state index contributed by atoms with van der Waals surface area (Å²) in [5.41, 5.74) is 0.600. The van der Waals surface area contributed by atoms with Crippen molar-refractivity contribution in [2.24, 2.45) is 0 Å². The van der Waals surface area contributed by atoms with Crippen molar-refractivity contribution in [3.63, 3.8) is 0 Å². The minimum absolute atomic E-state index is 0.162. The number of ether oxygens (including phenoxy) is 3. The van der Waals surface area contributed by atoms with Crippen LogP contribution in [0.1, 0.15) is 162 Å². The second kappa shape index (κ2) is 21.8. The number of aliphatic hydroxyl groups excluding tert-OH is 4. The molecule has 8 heteroatoms. The van der Waals surface area contributed by atoms with Gasteiger partial charge in [0.1, 0.15) is 6.10 Å². The Morgan fingerprint density at radius 2 is 1.18 bits per heavy atom. The van der Waals surface area contributed by atoms with Gasteiger partial charge in [0.25, 0.3) is 0 Å². The minimum atomic E-state index is -0.627. The summed E-state index contributed by atoms with van der Waals surface area (Å²) in [5, 5.41) is 42.4. The van der Waals surface area contributed by atoms with E-state index in [1.165, 1.54) is 38.5 Å². The van der Waals surface area contributed by atoms with Crippen LogP contribution in [0.4, 0.5) is 0 Å². The molecule has 0 spiro atoms. The molecule has 0 aliphatic carbocycles. The maximum atomic E-state index is 11.7. The first-order chi connectivity index (χ1) is 21.8. The largest absolute Gasteiger partial charge is 0.455 e. The summed E-state index contributed by atoms with van der Waals surface area (Å²) in [5.74, 6) is -0.295. The fourth-order valence-electron chi connectivity index (χ4n) is 7.29. The predicted octanol–water partition coefficient (Wildman–Crippen LogP) is 6.83. The smallest absolute Gasteiger partial charge is 0.334 e. The Morgan fingerprint density at radius 3 is 1.78 bits per heavy atom. The van der Waals surface area contributed by atoms with Crippen molar-refractivity contribution >= 4 is 5.97 Å². The van der Waals surface area contributed by atoms with Crippen molar-refractivity contribution in [2.45, 2.75) is 216 Å². The lowest BCUT2D eigenvalue weighted by atomic mass is 9.98. The van der Waals surface area contributed by atoms with E-state index in [0.29, 0.717) is 31.3 Å². The van der Waals surface area contributed by atoms with E-state index >= 15 is 0 Å². The lowest BCUT2D eigenvalue weighted by molar-refractivity contribution is -0.139. The normalized spacial score (nSPS) is 27.8. The number of cyclic esters (lactones) is 1. The van der Waals surface area contributed by atoms with Gasteiger partial charge in [0.05, 0.1) is 48.8 Å². The molecule has 262 valence electrons. The summed E-state index contributed by atoms with van der Waals surface area (Å²) in [4.78, 5) is 11.7. The van der Waals surface area contributed by atoms with Gasteiger partial charge in [-0.2, -0.15) is 0 Å². The van der Waals surface area contributed by atoms with Gasteiger partial charge in [-0.05, 0) is 70.8 Å². The number of hydrogen-bond acceptors (Lipinski definition) is 8. The van der Waals surface area contributed by atoms with Gasteiger partial charge in [-0.15, -0.1) is 0 Å². The first-order valence-electron chi connectivity index (χ1n) is 18.7. The zero-order chi connectivity index (χ0) is 32.4. The van der Waals surface area contributed by atoms with Gasteiger partial charge in [0, 0.05) is 12.0 Å². The van der Waals surface area contributed by atoms with Crippen LogP contribution in [0.2, 0.25) is 0 Å². The van der Waals surface area contributed by atoms with Crippen molar-refractivity contribution in [1.82, 2.24) is 0 Å². The molecule has 2 fully saturated rings. The SMILES string of the molecule is CCCCCCCCCC[C@H](O)[C@H]1CC[C@H]([C@@H](O)CCC(O)[C@@H]2CCC(CCCCCCC[C@@H](O)CC3=C[C@H](C)OC3=O)O2)O1. The predicted molar refractivity (Wildman–Crippen MR) is 177 cm³/mol. The molecular formula is C37H66O8. The highest BCUT2D eigenvalue weighted by molar-refractivity contribution is 5.90. The topological polar surface area (TPSA) is 126 Å². The van der Waals surface area contributed by atoms with Crippen LogP contribution in [0.3, 0.4) is 0 Å². The molecule has 45 heavy (non-hydrogen) atoms. The fraction of sp³-hybridized carbons (Fsp3) is 0.919. The van der Waals surface area contributed by atoms with Gasteiger partial charge in [-0.1, -0.05) is 90.4 Å². The highest BCUT2D eigenvalue weighted by Gasteiger charge is 2.36. The van der Waals surface area contributed by atoms with Crippen molar-refractivity contribution < 1.29 is 39.4 Å². The van der Waals surface area contributed by atoms with E-state index in [2.05, 4.69) is 6.92 Å². The lowest BCUT2D eigenvalue weighted by Crippen LogP contribution is -2.33. The second-order valence-electron chi connectivity index (χ2n) is 14.2. The minimum Gasteiger partial charge on any atom is -0.455 e. The highest BCUT2D eigenvalue weighted by Crippen LogP contribution is 2.31. The summed E-state index contributed by atoms with van der Waals surface area (Å²) >= 11 is 0. The van der Waals surface area contributed by atoms with Crippen molar-refractivity contribution in [2.75, 3.05) is 0 Å². The Kier molecular flexibility index (Phi) is 18.6. The number of hydrogen-bond donors (Lipinski definition) is 4. The monoisotopic (exact) mass is 638 g/mol. The zero-order valence-electron chi connectivity index (χ0n) is 28.5. The number of carbonyl (C=O) groups is 1. The molecule has 4 N–H and O–H groups in total. The molecule has 2 unspecified atom stereocenters. The van der Waals surface area contributed by atoms with Gasteiger partial charge in [0.2, 0.25) is 0 Å². The van der Waals surface area contributed by atoms with Crippen molar-refractivity contribution in [1.29, 1.82) is 0 Å². The molecule has 0 aromatic heterocycles. The van der Waals surface area contributed by atoms with Gasteiger partial charge < -0.3 is 34.6 Å². The summed E-state index contributed by atoms with van der Waals surface area (Å²) in [6.07, 6.45) is 21.6. The van der Waals surface area contributed by atoms with E-state index in [9.17, 15) is 25.2 Å².